The molecule has 0 aliphatic rings. The Labute approximate surface area is 105 Å². The SMILES string of the molecule is Clc1cccc2ccc(-c3cc[c]cc3)cc12. The minimum absolute atomic E-state index is 0.798. The molecule has 0 saturated carbocycles. The summed E-state index contributed by atoms with van der Waals surface area (Å²) < 4.78 is 0. The smallest absolute Gasteiger partial charge is 0.0484 e. The molecule has 0 N–H and O–H groups in total. The van der Waals surface area contributed by atoms with Gasteiger partial charge in [-0.3, -0.25) is 0 Å². The van der Waals surface area contributed by atoms with E-state index in [0.29, 0.717) is 0 Å². The Hall–Kier alpha value is -1.79. The van der Waals surface area contributed by atoms with Gasteiger partial charge in [0.15, 0.2) is 0 Å². The first-order chi connectivity index (χ1) is 8.34. The molecule has 0 aliphatic heterocycles. The summed E-state index contributed by atoms with van der Waals surface area (Å²) in [6, 6.07) is 23.3. The molecular formula is C16H10Cl. The lowest BCUT2D eigenvalue weighted by atomic mass is 10.0. The number of hydrogen-bond donors (Lipinski definition) is 0. The highest BCUT2D eigenvalue weighted by Crippen LogP contribution is 2.28. The average molecular weight is 238 g/mol. The highest BCUT2D eigenvalue weighted by atomic mass is 35.5. The van der Waals surface area contributed by atoms with Crippen LogP contribution in [0.1, 0.15) is 0 Å². The predicted octanol–water partition coefficient (Wildman–Crippen LogP) is 4.96. The molecule has 0 fully saturated rings. The van der Waals surface area contributed by atoms with E-state index in [1.54, 1.807) is 0 Å². The standard InChI is InChI=1S/C16H10Cl/c17-16-8-4-7-13-9-10-14(11-15(13)16)12-5-2-1-3-6-12/h2-11H. The fourth-order valence-corrected chi connectivity index (χ4v) is 2.23. The van der Waals surface area contributed by atoms with E-state index >= 15 is 0 Å². The van der Waals surface area contributed by atoms with E-state index in [9.17, 15) is 0 Å². The van der Waals surface area contributed by atoms with Crippen molar-refractivity contribution in [3.63, 3.8) is 0 Å². The van der Waals surface area contributed by atoms with E-state index in [0.717, 1.165) is 10.4 Å². The predicted molar refractivity (Wildman–Crippen MR) is 73.2 cm³/mol. The normalized spacial score (nSPS) is 10.6. The van der Waals surface area contributed by atoms with Gasteiger partial charge in [0, 0.05) is 10.4 Å². The van der Waals surface area contributed by atoms with Crippen LogP contribution < -0.4 is 0 Å². The third-order valence-electron chi connectivity index (χ3n) is 2.88. The summed E-state index contributed by atoms with van der Waals surface area (Å²) in [5.41, 5.74) is 2.37. The fraction of sp³-hybridized carbons (Fsp3) is 0. The molecule has 0 amide bonds. The van der Waals surface area contributed by atoms with Crippen molar-refractivity contribution >= 4 is 22.4 Å². The zero-order valence-electron chi connectivity index (χ0n) is 9.15. The summed E-state index contributed by atoms with van der Waals surface area (Å²) in [4.78, 5) is 0. The molecule has 17 heavy (non-hydrogen) atoms. The fourth-order valence-electron chi connectivity index (χ4n) is 1.99. The lowest BCUT2D eigenvalue weighted by Gasteiger charge is -2.05. The van der Waals surface area contributed by atoms with Crippen LogP contribution in [0.5, 0.6) is 0 Å². The van der Waals surface area contributed by atoms with Crippen molar-refractivity contribution in [1.29, 1.82) is 0 Å². The van der Waals surface area contributed by atoms with Crippen LogP contribution in [0, 0.1) is 6.07 Å². The molecule has 3 aromatic rings. The Balaban J connectivity index is 2.23. The quantitative estimate of drug-likeness (QED) is 0.561. The maximum absolute atomic E-state index is 6.21. The van der Waals surface area contributed by atoms with Crippen LogP contribution >= 0.6 is 11.6 Å². The van der Waals surface area contributed by atoms with Crippen LogP contribution in [0.15, 0.2) is 60.7 Å². The summed E-state index contributed by atoms with van der Waals surface area (Å²) in [7, 11) is 0. The monoisotopic (exact) mass is 237 g/mol. The molecule has 0 atom stereocenters. The molecule has 1 radical (unpaired) electrons. The van der Waals surface area contributed by atoms with E-state index < -0.39 is 0 Å². The van der Waals surface area contributed by atoms with Gasteiger partial charge in [-0.25, -0.2) is 0 Å². The Morgan fingerprint density at radius 3 is 2.47 bits per heavy atom. The molecule has 0 aromatic heterocycles. The first-order valence-electron chi connectivity index (χ1n) is 5.49. The van der Waals surface area contributed by atoms with Gasteiger partial charge in [0.25, 0.3) is 0 Å². The largest absolute Gasteiger partial charge is 0.0837 e. The highest BCUT2D eigenvalue weighted by molar-refractivity contribution is 6.35. The first kappa shape index (κ1) is 10.4. The number of hydrogen-bond acceptors (Lipinski definition) is 0. The second-order valence-electron chi connectivity index (χ2n) is 3.96. The topological polar surface area (TPSA) is 0 Å². The van der Waals surface area contributed by atoms with Gasteiger partial charge < -0.3 is 0 Å². The molecule has 3 aromatic carbocycles. The minimum atomic E-state index is 0.798. The van der Waals surface area contributed by atoms with Crippen molar-refractivity contribution in [2.45, 2.75) is 0 Å². The van der Waals surface area contributed by atoms with E-state index in [4.69, 9.17) is 11.6 Å². The van der Waals surface area contributed by atoms with Crippen molar-refractivity contribution in [2.24, 2.45) is 0 Å². The third kappa shape index (κ3) is 1.92. The maximum atomic E-state index is 6.21. The molecule has 0 saturated heterocycles. The third-order valence-corrected chi connectivity index (χ3v) is 3.21. The molecule has 0 heterocycles. The molecule has 0 unspecified atom stereocenters. The zero-order chi connectivity index (χ0) is 11.7. The second-order valence-corrected chi connectivity index (χ2v) is 4.37. The van der Waals surface area contributed by atoms with Crippen LogP contribution in [0.25, 0.3) is 21.9 Å². The number of halogens is 1. The van der Waals surface area contributed by atoms with Crippen molar-refractivity contribution in [3.05, 3.63) is 71.8 Å². The maximum Gasteiger partial charge on any atom is 0.0484 e. The van der Waals surface area contributed by atoms with Crippen molar-refractivity contribution in [2.75, 3.05) is 0 Å². The van der Waals surface area contributed by atoms with E-state index in [1.807, 2.05) is 24.3 Å². The zero-order valence-corrected chi connectivity index (χ0v) is 9.91. The number of fused-ring (bicyclic) bond motifs is 1. The molecular weight excluding hydrogens is 228 g/mol. The molecule has 0 nitrogen and oxygen atoms in total. The van der Waals surface area contributed by atoms with Gasteiger partial charge in [-0.05, 0) is 34.7 Å². The van der Waals surface area contributed by atoms with Gasteiger partial charge in [0.1, 0.15) is 0 Å². The Morgan fingerprint density at radius 2 is 1.65 bits per heavy atom. The lowest BCUT2D eigenvalue weighted by Crippen LogP contribution is -1.79. The summed E-state index contributed by atoms with van der Waals surface area (Å²) in [6.07, 6.45) is 0. The molecule has 0 aliphatic carbocycles. The van der Waals surface area contributed by atoms with Crippen molar-refractivity contribution < 1.29 is 0 Å². The van der Waals surface area contributed by atoms with Crippen LogP contribution in [0.3, 0.4) is 0 Å². The van der Waals surface area contributed by atoms with Gasteiger partial charge in [-0.2, -0.15) is 0 Å². The number of rotatable bonds is 1. The minimum Gasteiger partial charge on any atom is -0.0837 e. The molecule has 0 bridgehead atoms. The van der Waals surface area contributed by atoms with Gasteiger partial charge in [0.2, 0.25) is 0 Å². The Kier molecular flexibility index (Phi) is 2.58. The van der Waals surface area contributed by atoms with Gasteiger partial charge in [0.05, 0.1) is 0 Å². The van der Waals surface area contributed by atoms with Gasteiger partial charge >= 0.3 is 0 Å². The Morgan fingerprint density at radius 1 is 0.824 bits per heavy atom. The van der Waals surface area contributed by atoms with Crippen LogP contribution in [0.2, 0.25) is 5.02 Å². The van der Waals surface area contributed by atoms with Crippen LogP contribution in [-0.4, -0.2) is 0 Å². The summed E-state index contributed by atoms with van der Waals surface area (Å²) in [5.74, 6) is 0. The van der Waals surface area contributed by atoms with Gasteiger partial charge in [-0.15, -0.1) is 0 Å². The number of benzene rings is 3. The van der Waals surface area contributed by atoms with Crippen LogP contribution in [-0.2, 0) is 0 Å². The van der Waals surface area contributed by atoms with Crippen molar-refractivity contribution in [1.82, 2.24) is 0 Å². The average Bonchev–Trinajstić information content (AvgIpc) is 2.40. The van der Waals surface area contributed by atoms with E-state index in [2.05, 4.69) is 42.5 Å². The van der Waals surface area contributed by atoms with Crippen molar-refractivity contribution in [3.8, 4) is 11.1 Å². The first-order valence-corrected chi connectivity index (χ1v) is 5.87. The highest BCUT2D eigenvalue weighted by Gasteiger charge is 2.01. The van der Waals surface area contributed by atoms with E-state index in [1.165, 1.54) is 16.5 Å². The second kappa shape index (κ2) is 4.23. The summed E-state index contributed by atoms with van der Waals surface area (Å²) in [5, 5.41) is 3.06. The molecule has 0 spiro atoms. The van der Waals surface area contributed by atoms with Gasteiger partial charge in [-0.1, -0.05) is 60.1 Å². The lowest BCUT2D eigenvalue weighted by molar-refractivity contribution is 1.63. The summed E-state index contributed by atoms with van der Waals surface area (Å²) in [6.45, 7) is 0. The van der Waals surface area contributed by atoms with Crippen LogP contribution in [0.4, 0.5) is 0 Å². The summed E-state index contributed by atoms with van der Waals surface area (Å²) >= 11 is 6.21. The molecule has 1 heteroatoms. The molecule has 81 valence electrons. The van der Waals surface area contributed by atoms with E-state index in [-0.39, 0.29) is 0 Å². The Bertz CT molecular complexity index is 657. The molecule has 3 rings (SSSR count).